The third kappa shape index (κ3) is 12.3. The van der Waals surface area contributed by atoms with Gasteiger partial charge in [-0.2, -0.15) is 0 Å². The highest BCUT2D eigenvalue weighted by molar-refractivity contribution is 7.81. The first-order valence-electron chi connectivity index (χ1n) is 6.26. The van der Waals surface area contributed by atoms with Gasteiger partial charge in [-0.05, 0) is 20.3 Å². The lowest BCUT2D eigenvalue weighted by atomic mass is 10.0. The van der Waals surface area contributed by atoms with Crippen LogP contribution in [0.1, 0.15) is 78.6 Å². The Balaban J connectivity index is 2.99. The first kappa shape index (κ1) is 14.3. The molecular formula is C13H27S. The highest BCUT2D eigenvalue weighted by atomic mass is 32.1. The molecule has 0 aliphatic rings. The molecule has 0 aliphatic carbocycles. The topological polar surface area (TPSA) is 0 Å². The molecule has 0 amide bonds. The molecule has 0 bridgehead atoms. The second-order valence-electron chi connectivity index (χ2n) is 4.98. The van der Waals surface area contributed by atoms with Gasteiger partial charge >= 0.3 is 0 Å². The van der Waals surface area contributed by atoms with E-state index in [9.17, 15) is 0 Å². The summed E-state index contributed by atoms with van der Waals surface area (Å²) in [4.78, 5) is 0. The summed E-state index contributed by atoms with van der Waals surface area (Å²) < 4.78 is 0.127. The summed E-state index contributed by atoms with van der Waals surface area (Å²) in [6.07, 6.45) is 12.4. The third-order valence-electron chi connectivity index (χ3n) is 2.63. The zero-order valence-corrected chi connectivity index (χ0v) is 11.1. The normalized spacial score (nSPS) is 12.0. The maximum Gasteiger partial charge on any atom is 0.0207 e. The molecule has 0 heterocycles. The van der Waals surface area contributed by atoms with Crippen LogP contribution in [0, 0.1) is 0 Å². The van der Waals surface area contributed by atoms with Gasteiger partial charge in [0.2, 0.25) is 0 Å². The third-order valence-corrected chi connectivity index (χ3v) is 2.84. The van der Waals surface area contributed by atoms with E-state index in [-0.39, 0.29) is 4.75 Å². The smallest absolute Gasteiger partial charge is 0.0207 e. The zero-order valence-electron chi connectivity index (χ0n) is 10.3. The van der Waals surface area contributed by atoms with Gasteiger partial charge in [-0.15, -0.1) is 0 Å². The van der Waals surface area contributed by atoms with Crippen molar-refractivity contribution in [1.82, 2.24) is 0 Å². The summed E-state index contributed by atoms with van der Waals surface area (Å²) >= 11 is 5.32. The van der Waals surface area contributed by atoms with Gasteiger partial charge in [0.15, 0.2) is 0 Å². The van der Waals surface area contributed by atoms with E-state index in [1.165, 1.54) is 57.8 Å². The highest BCUT2D eigenvalue weighted by Crippen LogP contribution is 2.21. The Bertz CT molecular complexity index is 113. The van der Waals surface area contributed by atoms with E-state index in [1.54, 1.807) is 0 Å². The standard InChI is InChI=1S/C13H27S/c1-4-5-6-7-8-9-10-11-12-13(2,3)14/h4-12H2,1-3H3. The molecule has 85 valence electrons. The molecule has 0 saturated heterocycles. The van der Waals surface area contributed by atoms with Crippen molar-refractivity contribution in [3.8, 4) is 0 Å². The van der Waals surface area contributed by atoms with Crippen molar-refractivity contribution in [3.05, 3.63) is 0 Å². The van der Waals surface area contributed by atoms with Crippen LogP contribution in [0.5, 0.6) is 0 Å². The maximum atomic E-state index is 5.32. The van der Waals surface area contributed by atoms with Gasteiger partial charge in [-0.1, -0.05) is 70.9 Å². The molecule has 0 spiro atoms. The van der Waals surface area contributed by atoms with Crippen LogP contribution >= 0.6 is 12.6 Å². The fourth-order valence-electron chi connectivity index (χ4n) is 1.68. The molecule has 0 atom stereocenters. The first-order valence-corrected chi connectivity index (χ1v) is 6.67. The van der Waals surface area contributed by atoms with E-state index in [2.05, 4.69) is 20.8 Å². The van der Waals surface area contributed by atoms with Crippen LogP contribution in [-0.4, -0.2) is 4.75 Å². The van der Waals surface area contributed by atoms with Crippen LogP contribution in [0.25, 0.3) is 0 Å². The lowest BCUT2D eigenvalue weighted by Gasteiger charge is -2.15. The van der Waals surface area contributed by atoms with Crippen LogP contribution in [0.15, 0.2) is 0 Å². The minimum absolute atomic E-state index is 0.127. The molecule has 0 aromatic rings. The molecule has 0 rings (SSSR count). The van der Waals surface area contributed by atoms with E-state index < -0.39 is 0 Å². The van der Waals surface area contributed by atoms with Crippen LogP contribution in [0.3, 0.4) is 0 Å². The Kier molecular flexibility index (Phi) is 8.86. The molecule has 0 aromatic heterocycles. The van der Waals surface area contributed by atoms with Crippen LogP contribution < -0.4 is 0 Å². The number of hydrogen-bond donors (Lipinski definition) is 0. The van der Waals surface area contributed by atoms with Gasteiger partial charge in [0, 0.05) is 4.75 Å². The first-order chi connectivity index (χ1) is 6.56. The largest absolute Gasteiger partial charge is 0.0873 e. The van der Waals surface area contributed by atoms with Crippen molar-refractivity contribution in [2.75, 3.05) is 0 Å². The molecule has 0 aliphatic heterocycles. The quantitative estimate of drug-likeness (QED) is 0.446. The Morgan fingerprint density at radius 3 is 1.64 bits per heavy atom. The van der Waals surface area contributed by atoms with Gasteiger partial charge in [0.1, 0.15) is 0 Å². The minimum atomic E-state index is 0.127. The summed E-state index contributed by atoms with van der Waals surface area (Å²) in [7, 11) is 0. The van der Waals surface area contributed by atoms with Crippen molar-refractivity contribution in [1.29, 1.82) is 0 Å². The predicted molar refractivity (Wildman–Crippen MR) is 68.9 cm³/mol. The molecule has 0 aromatic carbocycles. The SMILES string of the molecule is CCCCCCCCCCC(C)(C)[S]. The van der Waals surface area contributed by atoms with Gasteiger partial charge in [0.05, 0.1) is 0 Å². The maximum absolute atomic E-state index is 5.32. The minimum Gasteiger partial charge on any atom is -0.0873 e. The molecule has 1 heteroatoms. The van der Waals surface area contributed by atoms with Crippen molar-refractivity contribution in [2.45, 2.75) is 83.3 Å². The van der Waals surface area contributed by atoms with Crippen LogP contribution in [0.2, 0.25) is 0 Å². The Morgan fingerprint density at radius 2 is 1.21 bits per heavy atom. The summed E-state index contributed by atoms with van der Waals surface area (Å²) in [5.41, 5.74) is 0. The van der Waals surface area contributed by atoms with E-state index in [0.29, 0.717) is 0 Å². The molecule has 14 heavy (non-hydrogen) atoms. The van der Waals surface area contributed by atoms with E-state index in [0.717, 1.165) is 0 Å². The van der Waals surface area contributed by atoms with Crippen LogP contribution in [-0.2, 0) is 0 Å². The van der Waals surface area contributed by atoms with E-state index in [4.69, 9.17) is 12.6 Å². The van der Waals surface area contributed by atoms with E-state index >= 15 is 0 Å². The van der Waals surface area contributed by atoms with Crippen molar-refractivity contribution in [3.63, 3.8) is 0 Å². The van der Waals surface area contributed by atoms with Crippen molar-refractivity contribution >= 4 is 12.6 Å². The number of unbranched alkanes of at least 4 members (excludes halogenated alkanes) is 7. The highest BCUT2D eigenvalue weighted by Gasteiger charge is 2.10. The average Bonchev–Trinajstić information content (AvgIpc) is 2.08. The molecule has 0 nitrogen and oxygen atoms in total. The fraction of sp³-hybridized carbons (Fsp3) is 1.00. The lowest BCUT2D eigenvalue weighted by Crippen LogP contribution is -2.09. The Labute approximate surface area is 96.3 Å². The van der Waals surface area contributed by atoms with Gasteiger partial charge in [-0.3, -0.25) is 0 Å². The molecule has 0 fully saturated rings. The van der Waals surface area contributed by atoms with E-state index in [1.807, 2.05) is 0 Å². The Hall–Kier alpha value is 0.350. The van der Waals surface area contributed by atoms with Crippen molar-refractivity contribution in [2.24, 2.45) is 0 Å². The second-order valence-corrected chi connectivity index (χ2v) is 6.09. The number of hydrogen-bond acceptors (Lipinski definition) is 0. The average molecular weight is 215 g/mol. The molecular weight excluding hydrogens is 188 g/mol. The molecule has 0 N–H and O–H groups in total. The predicted octanol–water partition coefficient (Wildman–Crippen LogP) is 5.49. The Morgan fingerprint density at radius 1 is 0.786 bits per heavy atom. The van der Waals surface area contributed by atoms with Gasteiger partial charge in [0.25, 0.3) is 0 Å². The zero-order chi connectivity index (χ0) is 10.9. The summed E-state index contributed by atoms with van der Waals surface area (Å²) in [5.74, 6) is 0. The van der Waals surface area contributed by atoms with Crippen LogP contribution in [0.4, 0.5) is 0 Å². The number of rotatable bonds is 9. The molecule has 1 radical (unpaired) electrons. The fourth-order valence-corrected chi connectivity index (χ4v) is 1.83. The molecule has 0 unspecified atom stereocenters. The van der Waals surface area contributed by atoms with Gasteiger partial charge in [-0.25, -0.2) is 0 Å². The summed E-state index contributed by atoms with van der Waals surface area (Å²) in [6, 6.07) is 0. The lowest BCUT2D eigenvalue weighted by molar-refractivity contribution is 0.534. The summed E-state index contributed by atoms with van der Waals surface area (Å²) in [6.45, 7) is 6.58. The van der Waals surface area contributed by atoms with Gasteiger partial charge < -0.3 is 0 Å². The second kappa shape index (κ2) is 8.64. The molecule has 0 saturated carbocycles. The monoisotopic (exact) mass is 215 g/mol. The summed E-state index contributed by atoms with van der Waals surface area (Å²) in [5, 5.41) is 0. The van der Waals surface area contributed by atoms with Crippen molar-refractivity contribution < 1.29 is 0 Å².